The van der Waals surface area contributed by atoms with E-state index >= 15 is 0 Å². The highest BCUT2D eigenvalue weighted by Gasteiger charge is 2.32. The molecule has 1 rings (SSSR count). The van der Waals surface area contributed by atoms with Crippen molar-refractivity contribution in [2.24, 2.45) is 5.73 Å². The summed E-state index contributed by atoms with van der Waals surface area (Å²) in [6.07, 6.45) is 5.79. The molecule has 1 aliphatic carbocycles. The molecule has 0 aromatic heterocycles. The smallest absolute Gasteiger partial charge is 0.0804 e. The lowest BCUT2D eigenvalue weighted by Crippen LogP contribution is -2.38. The van der Waals surface area contributed by atoms with Crippen molar-refractivity contribution in [3.63, 3.8) is 0 Å². The Bertz CT molecular complexity index is 144. The molecule has 14 heavy (non-hydrogen) atoms. The molecule has 3 heteroatoms. The van der Waals surface area contributed by atoms with Gasteiger partial charge in [-0.3, -0.25) is 0 Å². The molecule has 1 fully saturated rings. The maximum atomic E-state index is 5.88. The Labute approximate surface area is 86.9 Å². The SMILES string of the molecule is CCOCCCOC1(CN)CCCC1. The molecule has 84 valence electrons. The standard InChI is InChI=1S/C11H23NO2/c1-2-13-8-5-9-14-11(10-12)6-3-4-7-11/h2-10,12H2,1H3. The van der Waals surface area contributed by atoms with Crippen LogP contribution in [0.3, 0.4) is 0 Å². The van der Waals surface area contributed by atoms with Gasteiger partial charge in [0, 0.05) is 26.4 Å². The molecule has 1 saturated carbocycles. The van der Waals surface area contributed by atoms with Crippen LogP contribution in [0.15, 0.2) is 0 Å². The van der Waals surface area contributed by atoms with Gasteiger partial charge in [-0.05, 0) is 26.2 Å². The van der Waals surface area contributed by atoms with Gasteiger partial charge in [0.05, 0.1) is 5.60 Å². The highest BCUT2D eigenvalue weighted by Crippen LogP contribution is 2.32. The third kappa shape index (κ3) is 3.56. The van der Waals surface area contributed by atoms with Gasteiger partial charge in [-0.1, -0.05) is 12.8 Å². The molecule has 0 heterocycles. The predicted molar refractivity (Wildman–Crippen MR) is 57.3 cm³/mol. The van der Waals surface area contributed by atoms with Crippen molar-refractivity contribution in [2.75, 3.05) is 26.4 Å². The molecule has 0 bridgehead atoms. The van der Waals surface area contributed by atoms with Crippen molar-refractivity contribution in [3.05, 3.63) is 0 Å². The summed E-state index contributed by atoms with van der Waals surface area (Å²) in [7, 11) is 0. The quantitative estimate of drug-likeness (QED) is 0.638. The normalized spacial score (nSPS) is 20.1. The van der Waals surface area contributed by atoms with E-state index in [0.717, 1.165) is 39.1 Å². The van der Waals surface area contributed by atoms with Crippen LogP contribution < -0.4 is 5.73 Å². The zero-order valence-corrected chi connectivity index (χ0v) is 9.26. The van der Waals surface area contributed by atoms with Gasteiger partial charge in [0.2, 0.25) is 0 Å². The van der Waals surface area contributed by atoms with E-state index in [1.54, 1.807) is 0 Å². The van der Waals surface area contributed by atoms with E-state index in [0.29, 0.717) is 6.54 Å². The molecule has 0 saturated heterocycles. The highest BCUT2D eigenvalue weighted by atomic mass is 16.5. The van der Waals surface area contributed by atoms with Crippen LogP contribution in [-0.2, 0) is 9.47 Å². The Morgan fingerprint density at radius 3 is 2.50 bits per heavy atom. The molecule has 2 N–H and O–H groups in total. The van der Waals surface area contributed by atoms with Gasteiger partial charge in [0.1, 0.15) is 0 Å². The fourth-order valence-corrected chi connectivity index (χ4v) is 2.02. The summed E-state index contributed by atoms with van der Waals surface area (Å²) >= 11 is 0. The minimum absolute atomic E-state index is 0.00617. The van der Waals surface area contributed by atoms with Crippen LogP contribution in [0.5, 0.6) is 0 Å². The number of hydrogen-bond donors (Lipinski definition) is 1. The van der Waals surface area contributed by atoms with Crippen LogP contribution in [0, 0.1) is 0 Å². The van der Waals surface area contributed by atoms with Crippen molar-refractivity contribution in [1.82, 2.24) is 0 Å². The molecule has 0 aliphatic heterocycles. The fraction of sp³-hybridized carbons (Fsp3) is 1.00. The first-order valence-corrected chi connectivity index (χ1v) is 5.75. The van der Waals surface area contributed by atoms with Crippen LogP contribution in [0.25, 0.3) is 0 Å². The van der Waals surface area contributed by atoms with Crippen LogP contribution in [0.4, 0.5) is 0 Å². The molecule has 0 aromatic carbocycles. The lowest BCUT2D eigenvalue weighted by molar-refractivity contribution is -0.0410. The Kier molecular flexibility index (Phi) is 5.45. The Morgan fingerprint density at radius 1 is 1.21 bits per heavy atom. The topological polar surface area (TPSA) is 44.5 Å². The summed E-state index contributed by atoms with van der Waals surface area (Å²) in [5.74, 6) is 0. The zero-order chi connectivity index (χ0) is 10.3. The first-order valence-electron chi connectivity index (χ1n) is 5.75. The predicted octanol–water partition coefficient (Wildman–Crippen LogP) is 1.70. The molecule has 0 spiro atoms. The van der Waals surface area contributed by atoms with E-state index in [-0.39, 0.29) is 5.60 Å². The van der Waals surface area contributed by atoms with Crippen LogP contribution in [0.1, 0.15) is 39.0 Å². The second kappa shape index (κ2) is 6.38. The number of nitrogens with two attached hydrogens (primary N) is 1. The first-order chi connectivity index (χ1) is 6.83. The lowest BCUT2D eigenvalue weighted by atomic mass is 10.0. The summed E-state index contributed by atoms with van der Waals surface area (Å²) in [6.45, 7) is 5.07. The summed E-state index contributed by atoms with van der Waals surface area (Å²) < 4.78 is 11.1. The van der Waals surface area contributed by atoms with E-state index in [2.05, 4.69) is 0 Å². The summed E-state index contributed by atoms with van der Waals surface area (Å²) in [5.41, 5.74) is 5.76. The molecule has 0 atom stereocenters. The average Bonchev–Trinajstić information content (AvgIpc) is 2.67. The van der Waals surface area contributed by atoms with Gasteiger partial charge in [0.15, 0.2) is 0 Å². The molecule has 0 radical (unpaired) electrons. The zero-order valence-electron chi connectivity index (χ0n) is 9.26. The molecule has 0 unspecified atom stereocenters. The second-order valence-electron chi connectivity index (χ2n) is 3.99. The summed E-state index contributed by atoms with van der Waals surface area (Å²) in [4.78, 5) is 0. The van der Waals surface area contributed by atoms with Gasteiger partial charge in [-0.25, -0.2) is 0 Å². The van der Waals surface area contributed by atoms with Gasteiger partial charge >= 0.3 is 0 Å². The van der Waals surface area contributed by atoms with Gasteiger partial charge in [-0.2, -0.15) is 0 Å². The highest BCUT2D eigenvalue weighted by molar-refractivity contribution is 4.87. The molecule has 3 nitrogen and oxygen atoms in total. The third-order valence-corrected chi connectivity index (χ3v) is 2.93. The Morgan fingerprint density at radius 2 is 1.93 bits per heavy atom. The molecular formula is C11H23NO2. The van der Waals surface area contributed by atoms with Crippen molar-refractivity contribution in [2.45, 2.75) is 44.6 Å². The second-order valence-corrected chi connectivity index (χ2v) is 3.99. The lowest BCUT2D eigenvalue weighted by Gasteiger charge is -2.27. The van der Waals surface area contributed by atoms with Gasteiger partial charge in [0.25, 0.3) is 0 Å². The van der Waals surface area contributed by atoms with Crippen molar-refractivity contribution in [1.29, 1.82) is 0 Å². The monoisotopic (exact) mass is 201 g/mol. The average molecular weight is 201 g/mol. The molecule has 0 aromatic rings. The maximum Gasteiger partial charge on any atom is 0.0804 e. The van der Waals surface area contributed by atoms with E-state index in [9.17, 15) is 0 Å². The van der Waals surface area contributed by atoms with E-state index < -0.39 is 0 Å². The largest absolute Gasteiger partial charge is 0.382 e. The minimum atomic E-state index is 0.00617. The van der Waals surface area contributed by atoms with E-state index in [1.165, 1.54) is 12.8 Å². The maximum absolute atomic E-state index is 5.88. The Hall–Kier alpha value is -0.120. The number of hydrogen-bond acceptors (Lipinski definition) is 3. The molecular weight excluding hydrogens is 178 g/mol. The summed E-state index contributed by atoms with van der Waals surface area (Å²) in [6, 6.07) is 0. The van der Waals surface area contributed by atoms with E-state index in [1.807, 2.05) is 6.92 Å². The molecule has 1 aliphatic rings. The fourth-order valence-electron chi connectivity index (χ4n) is 2.02. The summed E-state index contributed by atoms with van der Waals surface area (Å²) in [5, 5.41) is 0. The van der Waals surface area contributed by atoms with E-state index in [4.69, 9.17) is 15.2 Å². The molecule has 0 amide bonds. The minimum Gasteiger partial charge on any atom is -0.382 e. The van der Waals surface area contributed by atoms with Crippen molar-refractivity contribution in [3.8, 4) is 0 Å². The Balaban J connectivity index is 2.08. The first kappa shape index (κ1) is 12.0. The van der Waals surface area contributed by atoms with Crippen LogP contribution >= 0.6 is 0 Å². The third-order valence-electron chi connectivity index (χ3n) is 2.93. The number of ether oxygens (including phenoxy) is 2. The van der Waals surface area contributed by atoms with Gasteiger partial charge < -0.3 is 15.2 Å². The van der Waals surface area contributed by atoms with Gasteiger partial charge in [-0.15, -0.1) is 0 Å². The van der Waals surface area contributed by atoms with Crippen molar-refractivity contribution >= 4 is 0 Å². The van der Waals surface area contributed by atoms with Crippen LogP contribution in [0.2, 0.25) is 0 Å². The van der Waals surface area contributed by atoms with Crippen molar-refractivity contribution < 1.29 is 9.47 Å². The van der Waals surface area contributed by atoms with Crippen LogP contribution in [-0.4, -0.2) is 32.0 Å². The number of rotatable bonds is 7.